The summed E-state index contributed by atoms with van der Waals surface area (Å²) in [5.74, 6) is 0.748. The van der Waals surface area contributed by atoms with Crippen LogP contribution in [0, 0.1) is 6.92 Å². The number of nitrogens with zero attached hydrogens (tertiary/aromatic N) is 4. The Labute approximate surface area is 248 Å². The first-order valence-electron chi connectivity index (χ1n) is 14.1. The summed E-state index contributed by atoms with van der Waals surface area (Å²) in [5.41, 5.74) is 3.50. The Hall–Kier alpha value is -3.37. The van der Waals surface area contributed by atoms with Crippen molar-refractivity contribution in [2.24, 2.45) is 0 Å². The van der Waals surface area contributed by atoms with Crippen LogP contribution < -0.4 is 9.64 Å². The van der Waals surface area contributed by atoms with Gasteiger partial charge in [0.15, 0.2) is 0 Å². The van der Waals surface area contributed by atoms with Crippen LogP contribution in [0.2, 0.25) is 25.7 Å². The highest BCUT2D eigenvalue weighted by Crippen LogP contribution is 2.30. The van der Waals surface area contributed by atoms with E-state index in [1.165, 1.54) is 0 Å². The summed E-state index contributed by atoms with van der Waals surface area (Å²) < 4.78 is 11.9. The van der Waals surface area contributed by atoms with Gasteiger partial charge in [-0.15, -0.1) is 11.3 Å². The molecule has 1 aromatic carbocycles. The molecule has 0 aliphatic carbocycles. The van der Waals surface area contributed by atoms with E-state index in [9.17, 15) is 9.59 Å². The molecule has 0 fully saturated rings. The lowest BCUT2D eigenvalue weighted by Gasteiger charge is -2.23. The van der Waals surface area contributed by atoms with Crippen LogP contribution in [0.4, 0.5) is 10.5 Å². The molecule has 2 aromatic heterocycles. The number of anilines is 1. The normalized spacial score (nSPS) is 14.3. The Kier molecular flexibility index (Phi) is 10.1. The molecule has 0 saturated carbocycles. The summed E-state index contributed by atoms with van der Waals surface area (Å²) in [6.45, 7) is 11.6. The smallest absolute Gasteiger partial charge is 0.409 e. The monoisotopic (exact) mass is 594 g/mol. The first-order valence-corrected chi connectivity index (χ1v) is 18.7. The number of rotatable bonds is 11. The Balaban J connectivity index is 1.36. The lowest BCUT2D eigenvalue weighted by atomic mass is 10.1. The van der Waals surface area contributed by atoms with Gasteiger partial charge in [-0.25, -0.2) is 4.79 Å². The Morgan fingerprint density at radius 3 is 2.61 bits per heavy atom. The van der Waals surface area contributed by atoms with Crippen molar-refractivity contribution in [3.63, 3.8) is 0 Å². The highest BCUT2D eigenvalue weighted by molar-refractivity contribution is 7.10. The second kappa shape index (κ2) is 13.5. The minimum atomic E-state index is -1.25. The summed E-state index contributed by atoms with van der Waals surface area (Å²) >= 11 is 1.64. The number of fused-ring (bicyclic) bond motifs is 1. The highest BCUT2D eigenvalue weighted by atomic mass is 32.1. The van der Waals surface area contributed by atoms with Crippen LogP contribution in [-0.2, 0) is 11.3 Å². The molecule has 2 amide bonds. The fourth-order valence-electron chi connectivity index (χ4n) is 4.59. The molecule has 8 nitrogen and oxygen atoms in total. The molecule has 0 spiro atoms. The van der Waals surface area contributed by atoms with Gasteiger partial charge in [-0.05, 0) is 48.2 Å². The highest BCUT2D eigenvalue weighted by Gasteiger charge is 2.26. The van der Waals surface area contributed by atoms with Crippen molar-refractivity contribution in [2.75, 3.05) is 45.2 Å². The number of benzene rings is 1. The van der Waals surface area contributed by atoms with Crippen molar-refractivity contribution in [1.29, 1.82) is 0 Å². The molecule has 1 aliphatic heterocycles. The van der Waals surface area contributed by atoms with Gasteiger partial charge in [0, 0.05) is 71.5 Å². The van der Waals surface area contributed by atoms with Crippen LogP contribution in [0.5, 0.6) is 5.75 Å². The third-order valence-electron chi connectivity index (χ3n) is 7.20. The average molecular weight is 595 g/mol. The van der Waals surface area contributed by atoms with Crippen molar-refractivity contribution in [2.45, 2.75) is 51.7 Å². The molecule has 41 heavy (non-hydrogen) atoms. The predicted molar refractivity (Wildman–Crippen MR) is 168 cm³/mol. The first-order chi connectivity index (χ1) is 19.5. The van der Waals surface area contributed by atoms with Gasteiger partial charge < -0.3 is 24.2 Å². The number of carbonyl (C=O) groups is 2. The number of aromatic nitrogens is 1. The summed E-state index contributed by atoms with van der Waals surface area (Å²) in [5, 5.41) is 2.04. The predicted octanol–water partition coefficient (Wildman–Crippen LogP) is 6.46. The van der Waals surface area contributed by atoms with Gasteiger partial charge >= 0.3 is 6.09 Å². The zero-order valence-corrected chi connectivity index (χ0v) is 26.9. The van der Waals surface area contributed by atoms with Gasteiger partial charge in [0.2, 0.25) is 0 Å². The number of likely N-dealkylation sites (N-methyl/N-ethyl adjacent to an activating group) is 1. The number of aryl methyl sites for hydroxylation is 1. The van der Waals surface area contributed by atoms with E-state index in [0.29, 0.717) is 38.2 Å². The third kappa shape index (κ3) is 8.56. The maximum Gasteiger partial charge on any atom is 0.409 e. The van der Waals surface area contributed by atoms with Crippen LogP contribution in [0.15, 0.2) is 54.0 Å². The zero-order valence-electron chi connectivity index (χ0n) is 25.1. The van der Waals surface area contributed by atoms with E-state index in [4.69, 9.17) is 9.47 Å². The van der Waals surface area contributed by atoms with Gasteiger partial charge in [0.1, 0.15) is 11.9 Å². The van der Waals surface area contributed by atoms with Gasteiger partial charge in [0.25, 0.3) is 5.91 Å². The Bertz CT molecular complexity index is 1310. The van der Waals surface area contributed by atoms with Gasteiger partial charge in [-0.3, -0.25) is 9.78 Å². The molecule has 0 saturated heterocycles. The minimum Gasteiger partial charge on any atom is -0.485 e. The van der Waals surface area contributed by atoms with Gasteiger partial charge in [-0.2, -0.15) is 0 Å². The second-order valence-corrected chi connectivity index (χ2v) is 18.5. The molecule has 0 bridgehead atoms. The third-order valence-corrected chi connectivity index (χ3v) is 9.87. The molecule has 1 aliphatic rings. The molecule has 4 rings (SSSR count). The number of thiophene rings is 1. The van der Waals surface area contributed by atoms with E-state index in [1.807, 2.05) is 60.6 Å². The lowest BCUT2D eigenvalue weighted by molar-refractivity contribution is 0.0754. The summed E-state index contributed by atoms with van der Waals surface area (Å²) in [6.07, 6.45) is 1.85. The summed E-state index contributed by atoms with van der Waals surface area (Å²) in [7, 11) is 2.53. The van der Waals surface area contributed by atoms with Crippen LogP contribution in [0.25, 0.3) is 0 Å². The number of pyridine rings is 1. The lowest BCUT2D eigenvalue weighted by Crippen LogP contribution is -2.33. The summed E-state index contributed by atoms with van der Waals surface area (Å²) in [4.78, 5) is 36.9. The fourth-order valence-corrected chi connectivity index (χ4v) is 6.09. The molecule has 3 heterocycles. The molecular weight excluding hydrogens is 553 g/mol. The van der Waals surface area contributed by atoms with Crippen molar-refractivity contribution in [3.05, 3.63) is 75.7 Å². The van der Waals surface area contributed by atoms with E-state index in [0.717, 1.165) is 40.2 Å². The number of amides is 2. The number of carbonyl (C=O) groups excluding carboxylic acids is 2. The molecule has 0 N–H and O–H groups in total. The minimum absolute atomic E-state index is 0.00179. The van der Waals surface area contributed by atoms with Crippen molar-refractivity contribution < 1.29 is 19.1 Å². The van der Waals surface area contributed by atoms with Crippen LogP contribution in [-0.4, -0.2) is 75.2 Å². The van der Waals surface area contributed by atoms with Crippen LogP contribution in [0.1, 0.15) is 39.0 Å². The molecule has 1 atom stereocenters. The van der Waals surface area contributed by atoms with E-state index in [1.54, 1.807) is 29.5 Å². The molecular formula is C31H42N4O4SSi. The standard InChI is InChI=1S/C31H42N4O4SSi/c1-23-20-27-26(21-32-23)30(36)35(16-15-33(27)2)22-24-9-11-25(12-10-24)39-28(29-8-7-18-40-29)13-14-34(3)31(37)38-17-19-41(4,5)6/h7-12,18,20-21,28H,13-17,19,22H2,1-6H3/t28-/m0/s1. The molecule has 0 radical (unpaired) electrons. The SMILES string of the molecule is Cc1cc2c(cn1)C(=O)N(Cc1ccc(O[C@@H](CCN(C)C(=O)OCC[Si](C)(C)C)c3cccs3)cc1)CCN2C. The van der Waals surface area contributed by atoms with E-state index in [2.05, 4.69) is 35.6 Å². The van der Waals surface area contributed by atoms with Gasteiger partial charge in [0.05, 0.1) is 17.9 Å². The molecule has 10 heteroatoms. The molecule has 3 aromatic rings. The van der Waals surface area contributed by atoms with E-state index in [-0.39, 0.29) is 18.1 Å². The maximum atomic E-state index is 13.3. The number of ether oxygens (including phenoxy) is 2. The largest absolute Gasteiger partial charge is 0.485 e. The quantitative estimate of drug-likeness (QED) is 0.237. The summed E-state index contributed by atoms with van der Waals surface area (Å²) in [6, 6.07) is 14.9. The topological polar surface area (TPSA) is 75.2 Å². The zero-order chi connectivity index (χ0) is 29.6. The number of hydrogen-bond acceptors (Lipinski definition) is 7. The van der Waals surface area contributed by atoms with E-state index >= 15 is 0 Å². The average Bonchev–Trinajstić information content (AvgIpc) is 3.44. The Morgan fingerprint density at radius 1 is 1.17 bits per heavy atom. The van der Waals surface area contributed by atoms with Crippen LogP contribution >= 0.6 is 11.3 Å². The second-order valence-electron chi connectivity index (χ2n) is 11.9. The maximum absolute atomic E-state index is 13.3. The van der Waals surface area contributed by atoms with Gasteiger partial charge in [-0.1, -0.05) is 37.8 Å². The Morgan fingerprint density at radius 2 is 1.93 bits per heavy atom. The number of hydrogen-bond donors (Lipinski definition) is 0. The first kappa shape index (κ1) is 30.6. The fraction of sp³-hybridized carbons (Fsp3) is 0.452. The van der Waals surface area contributed by atoms with Crippen molar-refractivity contribution >= 4 is 37.1 Å². The molecule has 220 valence electrons. The van der Waals surface area contributed by atoms with E-state index < -0.39 is 8.07 Å². The van der Waals surface area contributed by atoms with Crippen molar-refractivity contribution in [1.82, 2.24) is 14.8 Å². The van der Waals surface area contributed by atoms with Crippen molar-refractivity contribution in [3.8, 4) is 5.75 Å². The molecule has 0 unspecified atom stereocenters. The van der Waals surface area contributed by atoms with Crippen LogP contribution in [0.3, 0.4) is 0 Å².